The monoisotopic (exact) mass is 341 g/mol. The molecular weight excluding hydrogens is 322 g/mol. The number of ether oxygens (including phenoxy) is 1. The fourth-order valence-corrected chi connectivity index (χ4v) is 2.13. The summed E-state index contributed by atoms with van der Waals surface area (Å²) in [6.45, 7) is 1.32. The molecule has 0 fully saturated rings. The standard InChI is InChI=1S/C18H19N3O4/c1-13(22)19-16(12-14-8-4-2-5-9-14)17(23)20-21-18(24)25-15-10-6-3-7-11-15/h2-11,16H,12H2,1H3,(H,19,22)(H,20,23)(H,21,24)/t16-/m0/s1. The number of carbonyl (C=O) groups is 3. The fourth-order valence-electron chi connectivity index (χ4n) is 2.13. The molecule has 3 amide bonds. The minimum absolute atomic E-state index is 0.293. The highest BCUT2D eigenvalue weighted by atomic mass is 16.6. The third-order valence-electron chi connectivity index (χ3n) is 3.22. The molecule has 0 saturated carbocycles. The van der Waals surface area contributed by atoms with Crippen LogP contribution in [0.1, 0.15) is 12.5 Å². The lowest BCUT2D eigenvalue weighted by Crippen LogP contribution is -2.53. The summed E-state index contributed by atoms with van der Waals surface area (Å²) in [5.41, 5.74) is 5.29. The van der Waals surface area contributed by atoms with Gasteiger partial charge in [-0.15, -0.1) is 0 Å². The summed E-state index contributed by atoms with van der Waals surface area (Å²) in [4.78, 5) is 35.3. The van der Waals surface area contributed by atoms with Gasteiger partial charge in [-0.25, -0.2) is 10.2 Å². The van der Waals surface area contributed by atoms with Crippen molar-refractivity contribution in [2.75, 3.05) is 0 Å². The summed E-state index contributed by atoms with van der Waals surface area (Å²) in [6, 6.07) is 16.8. The Balaban J connectivity index is 1.90. The van der Waals surface area contributed by atoms with E-state index in [1.54, 1.807) is 30.3 Å². The minimum atomic E-state index is -0.833. The maximum atomic E-state index is 12.2. The molecule has 1 atom stereocenters. The first-order valence-corrected chi connectivity index (χ1v) is 7.68. The van der Waals surface area contributed by atoms with E-state index in [0.717, 1.165) is 5.56 Å². The number of hydrogen-bond donors (Lipinski definition) is 3. The number of hydrogen-bond acceptors (Lipinski definition) is 4. The molecule has 7 nitrogen and oxygen atoms in total. The van der Waals surface area contributed by atoms with E-state index in [1.165, 1.54) is 6.92 Å². The third kappa shape index (κ3) is 6.34. The van der Waals surface area contributed by atoms with Gasteiger partial charge in [0.15, 0.2) is 0 Å². The molecule has 0 aliphatic carbocycles. The van der Waals surface area contributed by atoms with Crippen LogP contribution in [0, 0.1) is 0 Å². The van der Waals surface area contributed by atoms with Crippen molar-refractivity contribution in [3.05, 3.63) is 66.2 Å². The number of amides is 3. The van der Waals surface area contributed by atoms with Crippen LogP contribution in [0.5, 0.6) is 5.75 Å². The van der Waals surface area contributed by atoms with Crippen LogP contribution in [0.3, 0.4) is 0 Å². The summed E-state index contributed by atoms with van der Waals surface area (Å²) in [7, 11) is 0. The first kappa shape index (κ1) is 18.0. The Labute approximate surface area is 145 Å². The van der Waals surface area contributed by atoms with Crippen LogP contribution in [0.25, 0.3) is 0 Å². The van der Waals surface area contributed by atoms with Crippen molar-refractivity contribution < 1.29 is 19.1 Å². The molecule has 2 aromatic rings. The normalized spacial score (nSPS) is 11.1. The third-order valence-corrected chi connectivity index (χ3v) is 3.22. The van der Waals surface area contributed by atoms with E-state index < -0.39 is 18.0 Å². The second-order valence-corrected chi connectivity index (χ2v) is 5.26. The number of rotatable bonds is 5. The molecule has 25 heavy (non-hydrogen) atoms. The zero-order chi connectivity index (χ0) is 18.1. The number of para-hydroxylation sites is 1. The highest BCUT2D eigenvalue weighted by Gasteiger charge is 2.20. The van der Waals surface area contributed by atoms with Crippen molar-refractivity contribution in [2.45, 2.75) is 19.4 Å². The van der Waals surface area contributed by atoms with Gasteiger partial charge in [0.05, 0.1) is 0 Å². The molecular formula is C18H19N3O4. The van der Waals surface area contributed by atoms with E-state index in [4.69, 9.17) is 4.74 Å². The fraction of sp³-hybridized carbons (Fsp3) is 0.167. The molecule has 0 aliphatic rings. The largest absolute Gasteiger partial charge is 0.431 e. The molecule has 0 bridgehead atoms. The Kier molecular flexibility index (Phi) is 6.53. The predicted molar refractivity (Wildman–Crippen MR) is 91.5 cm³/mol. The Bertz CT molecular complexity index is 720. The van der Waals surface area contributed by atoms with E-state index in [1.807, 2.05) is 30.3 Å². The van der Waals surface area contributed by atoms with Crippen LogP contribution in [-0.2, 0) is 16.0 Å². The van der Waals surface area contributed by atoms with Crippen LogP contribution >= 0.6 is 0 Å². The molecule has 2 aromatic carbocycles. The quantitative estimate of drug-likeness (QED) is 0.719. The van der Waals surface area contributed by atoms with Crippen molar-refractivity contribution in [2.24, 2.45) is 0 Å². The molecule has 0 aliphatic heterocycles. The summed E-state index contributed by atoms with van der Waals surface area (Å²) in [6.07, 6.45) is -0.539. The summed E-state index contributed by atoms with van der Waals surface area (Å²) in [5, 5.41) is 2.56. The second kappa shape index (κ2) is 9.07. The van der Waals surface area contributed by atoms with Gasteiger partial charge in [-0.1, -0.05) is 48.5 Å². The van der Waals surface area contributed by atoms with Crippen LogP contribution < -0.4 is 20.9 Å². The Hall–Kier alpha value is -3.35. The van der Waals surface area contributed by atoms with Gasteiger partial charge >= 0.3 is 6.09 Å². The van der Waals surface area contributed by atoms with Crippen LogP contribution in [0.2, 0.25) is 0 Å². The summed E-state index contributed by atoms with van der Waals surface area (Å²) < 4.78 is 4.99. The highest BCUT2D eigenvalue weighted by Crippen LogP contribution is 2.08. The average molecular weight is 341 g/mol. The van der Waals surface area contributed by atoms with E-state index in [2.05, 4.69) is 16.2 Å². The van der Waals surface area contributed by atoms with Gasteiger partial charge in [0, 0.05) is 13.3 Å². The molecule has 2 rings (SSSR count). The first-order chi connectivity index (χ1) is 12.0. The molecule has 130 valence electrons. The minimum Gasteiger partial charge on any atom is -0.409 e. The van der Waals surface area contributed by atoms with E-state index in [0.29, 0.717) is 12.2 Å². The lowest BCUT2D eigenvalue weighted by atomic mass is 10.1. The molecule has 7 heteroatoms. The van der Waals surface area contributed by atoms with Gasteiger partial charge in [-0.2, -0.15) is 0 Å². The number of hydrazine groups is 1. The number of benzene rings is 2. The molecule has 0 saturated heterocycles. The van der Waals surface area contributed by atoms with Crippen molar-refractivity contribution in [3.8, 4) is 5.75 Å². The van der Waals surface area contributed by atoms with Gasteiger partial charge in [0.25, 0.3) is 5.91 Å². The van der Waals surface area contributed by atoms with E-state index in [-0.39, 0.29) is 5.91 Å². The predicted octanol–water partition coefficient (Wildman–Crippen LogP) is 1.55. The topological polar surface area (TPSA) is 96.5 Å². The number of nitrogens with one attached hydrogen (secondary N) is 3. The maximum absolute atomic E-state index is 12.2. The van der Waals surface area contributed by atoms with E-state index >= 15 is 0 Å². The molecule has 0 heterocycles. The smallest absolute Gasteiger partial charge is 0.409 e. The van der Waals surface area contributed by atoms with Gasteiger partial charge in [-0.3, -0.25) is 15.0 Å². The van der Waals surface area contributed by atoms with Crippen LogP contribution in [-0.4, -0.2) is 23.9 Å². The Morgan fingerprint density at radius 1 is 0.920 bits per heavy atom. The van der Waals surface area contributed by atoms with Gasteiger partial charge in [-0.05, 0) is 17.7 Å². The van der Waals surface area contributed by atoms with Gasteiger partial charge < -0.3 is 10.1 Å². The summed E-state index contributed by atoms with van der Waals surface area (Å²) >= 11 is 0. The molecule has 0 unspecified atom stereocenters. The average Bonchev–Trinajstić information content (AvgIpc) is 2.60. The Morgan fingerprint density at radius 2 is 1.52 bits per heavy atom. The molecule has 0 spiro atoms. The SMILES string of the molecule is CC(=O)N[C@@H](Cc1ccccc1)C(=O)NNC(=O)Oc1ccccc1. The van der Waals surface area contributed by atoms with Crippen molar-refractivity contribution in [1.82, 2.24) is 16.2 Å². The van der Waals surface area contributed by atoms with Crippen LogP contribution in [0.4, 0.5) is 4.79 Å². The van der Waals surface area contributed by atoms with Gasteiger partial charge in [0.2, 0.25) is 5.91 Å². The lowest BCUT2D eigenvalue weighted by molar-refractivity contribution is -0.128. The molecule has 3 N–H and O–H groups in total. The lowest BCUT2D eigenvalue weighted by Gasteiger charge is -2.18. The number of carbonyl (C=O) groups excluding carboxylic acids is 3. The molecule has 0 aromatic heterocycles. The Morgan fingerprint density at radius 3 is 2.12 bits per heavy atom. The zero-order valence-corrected chi connectivity index (χ0v) is 13.7. The second-order valence-electron chi connectivity index (χ2n) is 5.26. The molecule has 0 radical (unpaired) electrons. The van der Waals surface area contributed by atoms with Crippen molar-refractivity contribution >= 4 is 17.9 Å². The first-order valence-electron chi connectivity index (χ1n) is 7.68. The van der Waals surface area contributed by atoms with Gasteiger partial charge in [0.1, 0.15) is 11.8 Å². The summed E-state index contributed by atoms with van der Waals surface area (Å²) in [5.74, 6) is -0.552. The van der Waals surface area contributed by atoms with Crippen molar-refractivity contribution in [3.63, 3.8) is 0 Å². The maximum Gasteiger partial charge on any atom is 0.431 e. The van der Waals surface area contributed by atoms with E-state index in [9.17, 15) is 14.4 Å². The zero-order valence-electron chi connectivity index (χ0n) is 13.7. The van der Waals surface area contributed by atoms with Crippen molar-refractivity contribution in [1.29, 1.82) is 0 Å². The van der Waals surface area contributed by atoms with Crippen LogP contribution in [0.15, 0.2) is 60.7 Å². The highest BCUT2D eigenvalue weighted by molar-refractivity contribution is 5.88.